The third-order valence-corrected chi connectivity index (χ3v) is 5.20. The molecule has 0 spiro atoms. The van der Waals surface area contributed by atoms with Crippen molar-refractivity contribution < 1.29 is 0 Å². The second-order valence-corrected chi connectivity index (χ2v) is 6.31. The van der Waals surface area contributed by atoms with E-state index in [2.05, 4.69) is 22.0 Å². The van der Waals surface area contributed by atoms with Gasteiger partial charge in [-0.15, -0.1) is 0 Å². The van der Waals surface area contributed by atoms with Gasteiger partial charge in [0.25, 0.3) is 0 Å². The first-order chi connectivity index (χ1) is 9.84. The van der Waals surface area contributed by atoms with Gasteiger partial charge in [-0.2, -0.15) is 0 Å². The average molecular weight is 281 g/mol. The molecule has 1 aliphatic carbocycles. The third kappa shape index (κ3) is 1.74. The van der Waals surface area contributed by atoms with Gasteiger partial charge >= 0.3 is 0 Å². The zero-order valence-corrected chi connectivity index (χ0v) is 11.9. The van der Waals surface area contributed by atoms with E-state index < -0.39 is 0 Å². The summed E-state index contributed by atoms with van der Waals surface area (Å²) in [6.45, 7) is 0. The third-order valence-electron chi connectivity index (χ3n) is 4.05. The van der Waals surface area contributed by atoms with Crippen molar-refractivity contribution in [2.75, 3.05) is 0 Å². The number of allylic oxidation sites excluding steroid dienone is 2. The van der Waals surface area contributed by atoms with Crippen LogP contribution in [-0.4, -0.2) is 3.79 Å². The Labute approximate surface area is 121 Å². The number of hydrogen-bond acceptors (Lipinski definition) is 2. The van der Waals surface area contributed by atoms with Crippen LogP contribution in [0.25, 0.3) is 15.6 Å². The molecule has 0 radical (unpaired) electrons. The molecule has 3 aromatic rings. The van der Waals surface area contributed by atoms with E-state index >= 15 is 0 Å². The van der Waals surface area contributed by atoms with E-state index in [1.807, 2.05) is 30.3 Å². The van der Waals surface area contributed by atoms with Gasteiger partial charge in [0.05, 0.1) is 4.70 Å². The minimum absolute atomic E-state index is 0.144. The fourth-order valence-electron chi connectivity index (χ4n) is 3.01. The molecule has 3 heteroatoms. The van der Waals surface area contributed by atoms with Gasteiger partial charge in [-0.1, -0.05) is 35.8 Å². The lowest BCUT2D eigenvalue weighted by atomic mass is 9.93. The summed E-state index contributed by atoms with van der Waals surface area (Å²) in [5.74, 6) is 0.447. The summed E-state index contributed by atoms with van der Waals surface area (Å²) in [6.07, 6.45) is 8.14. The van der Waals surface area contributed by atoms with Crippen LogP contribution in [0.3, 0.4) is 0 Å². The molecule has 0 saturated heterocycles. The fraction of sp³-hybridized carbons (Fsp3) is 0.235. The van der Waals surface area contributed by atoms with Crippen LogP contribution < -0.4 is 5.43 Å². The van der Waals surface area contributed by atoms with Gasteiger partial charge in [-0.25, -0.2) is 0 Å². The van der Waals surface area contributed by atoms with Crippen LogP contribution in [-0.2, 0) is 0 Å². The predicted octanol–water partition coefficient (Wildman–Crippen LogP) is 4.34. The number of hydrogen-bond donors (Lipinski definition) is 0. The molecule has 2 aromatic heterocycles. The smallest absolute Gasteiger partial charge is 0.212 e. The summed E-state index contributed by atoms with van der Waals surface area (Å²) in [5.41, 5.74) is 2.21. The molecule has 1 aromatic carbocycles. The van der Waals surface area contributed by atoms with E-state index in [0.29, 0.717) is 5.92 Å². The maximum Gasteiger partial charge on any atom is 0.212 e. The quantitative estimate of drug-likeness (QED) is 0.608. The Morgan fingerprint density at radius 3 is 2.90 bits per heavy atom. The molecule has 20 heavy (non-hydrogen) atoms. The highest BCUT2D eigenvalue weighted by atomic mass is 32.1. The highest BCUT2D eigenvalue weighted by Gasteiger charge is 2.17. The standard InChI is InChI=1S/C17H15NOS/c19-17-13-8-4-5-9-16(13)20-18-14(10-11-15(17)18)12-6-2-1-3-7-12/h2,4-6,8-12H,1,3,7H2. The van der Waals surface area contributed by atoms with Gasteiger partial charge in [0.15, 0.2) is 0 Å². The van der Waals surface area contributed by atoms with Crippen molar-refractivity contribution in [3.8, 4) is 0 Å². The first kappa shape index (κ1) is 11.9. The van der Waals surface area contributed by atoms with Gasteiger partial charge in [0.1, 0.15) is 5.52 Å². The second-order valence-electron chi connectivity index (χ2n) is 5.32. The number of fused-ring (bicyclic) bond motifs is 2. The molecular weight excluding hydrogens is 266 g/mol. The van der Waals surface area contributed by atoms with Gasteiger partial charge < -0.3 is 0 Å². The lowest BCUT2D eigenvalue weighted by Crippen LogP contribution is -2.07. The van der Waals surface area contributed by atoms with Crippen molar-refractivity contribution in [1.29, 1.82) is 0 Å². The maximum atomic E-state index is 12.6. The lowest BCUT2D eigenvalue weighted by Gasteiger charge is -2.16. The van der Waals surface area contributed by atoms with Gasteiger partial charge in [-0.05, 0) is 43.5 Å². The van der Waals surface area contributed by atoms with Crippen LogP contribution in [0.2, 0.25) is 0 Å². The molecule has 0 bridgehead atoms. The molecule has 2 heterocycles. The SMILES string of the molecule is O=c1c2ccccc2sn2c(C3C=CCCC3)ccc12. The molecule has 4 rings (SSSR count). The molecule has 1 aliphatic rings. The zero-order valence-electron chi connectivity index (χ0n) is 11.1. The molecule has 2 nitrogen and oxygen atoms in total. The topological polar surface area (TPSA) is 21.5 Å². The zero-order chi connectivity index (χ0) is 13.5. The Morgan fingerprint density at radius 2 is 2.05 bits per heavy atom. The Hall–Kier alpha value is -1.87. The van der Waals surface area contributed by atoms with Crippen molar-refractivity contribution in [2.45, 2.75) is 25.2 Å². The molecular formula is C17H15NOS. The molecule has 100 valence electrons. The summed E-state index contributed by atoms with van der Waals surface area (Å²) in [5, 5.41) is 0.828. The Balaban J connectivity index is 2.02. The summed E-state index contributed by atoms with van der Waals surface area (Å²) < 4.78 is 3.19. The highest BCUT2D eigenvalue weighted by Crippen LogP contribution is 2.30. The Kier molecular flexibility index (Phi) is 2.74. The molecule has 1 unspecified atom stereocenters. The Morgan fingerprint density at radius 1 is 1.15 bits per heavy atom. The molecule has 0 amide bonds. The normalized spacial score (nSPS) is 18.9. The summed E-state index contributed by atoms with van der Waals surface area (Å²) in [6, 6.07) is 12.0. The molecule has 1 atom stereocenters. The molecule has 0 N–H and O–H groups in total. The van der Waals surface area contributed by atoms with Crippen LogP contribution in [0.15, 0.2) is 53.3 Å². The van der Waals surface area contributed by atoms with Gasteiger partial charge in [-0.3, -0.25) is 8.58 Å². The van der Waals surface area contributed by atoms with E-state index in [1.54, 1.807) is 11.5 Å². The molecule has 0 saturated carbocycles. The van der Waals surface area contributed by atoms with E-state index in [0.717, 1.165) is 15.6 Å². The summed E-state index contributed by atoms with van der Waals surface area (Å²) in [4.78, 5) is 12.6. The van der Waals surface area contributed by atoms with Crippen LogP contribution in [0.4, 0.5) is 0 Å². The number of aromatic nitrogens is 1. The summed E-state index contributed by atoms with van der Waals surface area (Å²) in [7, 11) is 0. The van der Waals surface area contributed by atoms with Crippen molar-refractivity contribution in [1.82, 2.24) is 3.79 Å². The monoisotopic (exact) mass is 281 g/mol. The van der Waals surface area contributed by atoms with Crippen LogP contribution in [0.1, 0.15) is 30.9 Å². The van der Waals surface area contributed by atoms with Crippen molar-refractivity contribution in [3.05, 3.63) is 64.5 Å². The van der Waals surface area contributed by atoms with Crippen molar-refractivity contribution in [3.63, 3.8) is 0 Å². The van der Waals surface area contributed by atoms with Crippen LogP contribution in [0.5, 0.6) is 0 Å². The number of nitrogens with zero attached hydrogens (tertiary/aromatic N) is 1. The van der Waals surface area contributed by atoms with Crippen molar-refractivity contribution >= 4 is 27.1 Å². The minimum atomic E-state index is 0.144. The fourth-order valence-corrected chi connectivity index (χ4v) is 4.15. The van der Waals surface area contributed by atoms with Gasteiger partial charge in [0.2, 0.25) is 5.43 Å². The van der Waals surface area contributed by atoms with E-state index in [1.165, 1.54) is 25.0 Å². The number of rotatable bonds is 1. The first-order valence-corrected chi connectivity index (χ1v) is 7.82. The van der Waals surface area contributed by atoms with Crippen LogP contribution in [0, 0.1) is 0 Å². The highest BCUT2D eigenvalue weighted by molar-refractivity contribution is 7.13. The summed E-state index contributed by atoms with van der Waals surface area (Å²) >= 11 is 1.68. The van der Waals surface area contributed by atoms with E-state index in [9.17, 15) is 4.79 Å². The second kappa shape index (κ2) is 4.60. The predicted molar refractivity (Wildman–Crippen MR) is 84.8 cm³/mol. The maximum absolute atomic E-state index is 12.6. The average Bonchev–Trinajstić information content (AvgIpc) is 2.92. The lowest BCUT2D eigenvalue weighted by molar-refractivity contribution is 0.642. The van der Waals surface area contributed by atoms with Gasteiger partial charge in [0, 0.05) is 17.0 Å². The first-order valence-electron chi connectivity index (χ1n) is 7.05. The van der Waals surface area contributed by atoms with Crippen LogP contribution >= 0.6 is 11.5 Å². The minimum Gasteiger partial charge on any atom is -0.287 e. The largest absolute Gasteiger partial charge is 0.287 e. The molecule has 0 fully saturated rings. The molecule has 0 aliphatic heterocycles. The Bertz CT molecular complexity index is 871. The van der Waals surface area contributed by atoms with E-state index in [-0.39, 0.29) is 5.43 Å². The van der Waals surface area contributed by atoms with E-state index in [4.69, 9.17) is 0 Å². The van der Waals surface area contributed by atoms with Crippen molar-refractivity contribution in [2.24, 2.45) is 0 Å². The number of benzene rings is 1.